The van der Waals surface area contributed by atoms with Gasteiger partial charge in [-0.1, -0.05) is 36.4 Å². The average molecular weight is 259 g/mol. The Bertz CT molecular complexity index is 647. The van der Waals surface area contributed by atoms with Crippen molar-refractivity contribution in [1.82, 2.24) is 4.98 Å². The number of aromatic nitrogens is 1. The average Bonchev–Trinajstić information content (AvgIpc) is 2.40. The first-order valence-corrected chi connectivity index (χ1v) is 7.04. The van der Waals surface area contributed by atoms with E-state index in [1.165, 1.54) is 17.7 Å². The second kappa shape index (κ2) is 5.14. The summed E-state index contributed by atoms with van der Waals surface area (Å²) in [4.78, 5) is 3.86. The predicted octanol–water partition coefficient (Wildman–Crippen LogP) is 2.92. The van der Waals surface area contributed by atoms with Gasteiger partial charge in [-0.15, -0.1) is 0 Å². The minimum absolute atomic E-state index is 0.0697. The Kier molecular flexibility index (Phi) is 3.58. The van der Waals surface area contributed by atoms with Gasteiger partial charge >= 0.3 is 0 Å². The van der Waals surface area contributed by atoms with Crippen LogP contribution >= 0.6 is 0 Å². The van der Waals surface area contributed by atoms with Gasteiger partial charge < -0.3 is 0 Å². The zero-order chi connectivity index (χ0) is 13.0. The van der Waals surface area contributed by atoms with Gasteiger partial charge in [-0.05, 0) is 30.2 Å². The minimum Gasteiger partial charge on any atom is -0.244 e. The van der Waals surface area contributed by atoms with Crippen molar-refractivity contribution in [2.45, 2.75) is 11.9 Å². The molecule has 0 bridgehead atoms. The van der Waals surface area contributed by atoms with Crippen LogP contribution in [0.15, 0.2) is 65.2 Å². The highest BCUT2D eigenvalue weighted by molar-refractivity contribution is 7.94. The molecule has 18 heavy (non-hydrogen) atoms. The smallest absolute Gasteiger partial charge is 0.217 e. The predicted molar refractivity (Wildman–Crippen MR) is 71.5 cm³/mol. The SMILES string of the molecule is C/C(=C/S(=O)(=O)c1ccccn1)c1ccccc1. The molecule has 0 saturated heterocycles. The van der Waals surface area contributed by atoms with Crippen molar-refractivity contribution in [3.05, 3.63) is 65.7 Å². The summed E-state index contributed by atoms with van der Waals surface area (Å²) in [6.45, 7) is 1.77. The maximum Gasteiger partial charge on any atom is 0.217 e. The fourth-order valence-electron chi connectivity index (χ4n) is 1.58. The lowest BCUT2D eigenvalue weighted by Crippen LogP contribution is -1.99. The third kappa shape index (κ3) is 2.84. The monoisotopic (exact) mass is 259 g/mol. The van der Waals surface area contributed by atoms with E-state index in [1.54, 1.807) is 19.1 Å². The Morgan fingerprint density at radius 3 is 2.33 bits per heavy atom. The molecule has 0 unspecified atom stereocenters. The number of nitrogens with zero attached hydrogens (tertiary/aromatic N) is 1. The van der Waals surface area contributed by atoms with Gasteiger partial charge in [0.2, 0.25) is 9.84 Å². The van der Waals surface area contributed by atoms with E-state index in [2.05, 4.69) is 4.98 Å². The van der Waals surface area contributed by atoms with Crippen molar-refractivity contribution < 1.29 is 8.42 Å². The summed E-state index contributed by atoms with van der Waals surface area (Å²) in [6.07, 6.45) is 1.47. The molecule has 0 spiro atoms. The van der Waals surface area contributed by atoms with Crippen molar-refractivity contribution in [2.75, 3.05) is 0 Å². The van der Waals surface area contributed by atoms with E-state index < -0.39 is 9.84 Å². The van der Waals surface area contributed by atoms with Crippen LogP contribution in [-0.4, -0.2) is 13.4 Å². The van der Waals surface area contributed by atoms with Gasteiger partial charge in [-0.2, -0.15) is 0 Å². The molecule has 92 valence electrons. The molecule has 4 heteroatoms. The summed E-state index contributed by atoms with van der Waals surface area (Å²) in [6, 6.07) is 14.2. The van der Waals surface area contributed by atoms with Gasteiger partial charge in [0.05, 0.1) is 0 Å². The lowest BCUT2D eigenvalue weighted by molar-refractivity contribution is 0.601. The Morgan fingerprint density at radius 1 is 1.06 bits per heavy atom. The van der Waals surface area contributed by atoms with Gasteiger partial charge in [0.15, 0.2) is 5.03 Å². The number of hydrogen-bond donors (Lipinski definition) is 0. The van der Waals surface area contributed by atoms with Gasteiger partial charge in [-0.25, -0.2) is 13.4 Å². The Morgan fingerprint density at radius 2 is 1.72 bits per heavy atom. The van der Waals surface area contributed by atoms with Gasteiger partial charge in [0.25, 0.3) is 0 Å². The molecule has 2 aromatic rings. The van der Waals surface area contributed by atoms with Gasteiger partial charge in [0.1, 0.15) is 0 Å². The third-order valence-electron chi connectivity index (χ3n) is 2.49. The highest BCUT2D eigenvalue weighted by Gasteiger charge is 2.12. The molecule has 3 nitrogen and oxygen atoms in total. The normalized spacial score (nSPS) is 12.4. The third-order valence-corrected chi connectivity index (χ3v) is 3.98. The van der Waals surface area contributed by atoms with Crippen molar-refractivity contribution in [3.63, 3.8) is 0 Å². The summed E-state index contributed by atoms with van der Waals surface area (Å²) in [7, 11) is -3.48. The minimum atomic E-state index is -3.48. The molecular formula is C14H13NO2S. The van der Waals surface area contributed by atoms with Crippen LogP contribution in [0.4, 0.5) is 0 Å². The van der Waals surface area contributed by atoms with Crippen LogP contribution in [0, 0.1) is 0 Å². The molecule has 0 fully saturated rings. The second-order valence-corrected chi connectivity index (χ2v) is 5.62. The highest BCUT2D eigenvalue weighted by atomic mass is 32.2. The maximum absolute atomic E-state index is 12.1. The second-order valence-electron chi connectivity index (χ2n) is 3.88. The topological polar surface area (TPSA) is 47.0 Å². The summed E-state index contributed by atoms with van der Waals surface area (Å²) in [5, 5.41) is 1.32. The Labute approximate surface area is 107 Å². The van der Waals surface area contributed by atoms with E-state index in [9.17, 15) is 8.42 Å². The first kappa shape index (κ1) is 12.5. The fourth-order valence-corrected chi connectivity index (χ4v) is 2.78. The van der Waals surface area contributed by atoms with Crippen LogP contribution in [0.2, 0.25) is 0 Å². The van der Waals surface area contributed by atoms with E-state index in [0.717, 1.165) is 5.56 Å². The van der Waals surface area contributed by atoms with Crippen LogP contribution in [0.3, 0.4) is 0 Å². The van der Waals surface area contributed by atoms with Crippen molar-refractivity contribution in [3.8, 4) is 0 Å². The lowest BCUT2D eigenvalue weighted by atomic mass is 10.1. The van der Waals surface area contributed by atoms with E-state index in [4.69, 9.17) is 0 Å². The number of allylic oxidation sites excluding steroid dienone is 1. The molecule has 2 rings (SSSR count). The fraction of sp³-hybridized carbons (Fsp3) is 0.0714. The largest absolute Gasteiger partial charge is 0.244 e. The van der Waals surface area contributed by atoms with E-state index in [0.29, 0.717) is 5.57 Å². The number of pyridine rings is 1. The molecule has 1 aromatic heterocycles. The van der Waals surface area contributed by atoms with E-state index >= 15 is 0 Å². The van der Waals surface area contributed by atoms with Crippen molar-refractivity contribution in [2.24, 2.45) is 0 Å². The molecular weight excluding hydrogens is 246 g/mol. The van der Waals surface area contributed by atoms with Crippen molar-refractivity contribution in [1.29, 1.82) is 0 Å². The first-order chi connectivity index (χ1) is 8.59. The summed E-state index contributed by atoms with van der Waals surface area (Å²) >= 11 is 0. The summed E-state index contributed by atoms with van der Waals surface area (Å²) in [5.41, 5.74) is 1.58. The van der Waals surface area contributed by atoms with Crippen LogP contribution in [-0.2, 0) is 9.84 Å². The van der Waals surface area contributed by atoms with Crippen LogP contribution in [0.5, 0.6) is 0 Å². The molecule has 0 aliphatic rings. The highest BCUT2D eigenvalue weighted by Crippen LogP contribution is 2.17. The standard InChI is InChI=1S/C14H13NO2S/c1-12(13-7-3-2-4-8-13)11-18(16,17)14-9-5-6-10-15-14/h2-11H,1H3/b12-11-. The van der Waals surface area contributed by atoms with Crippen LogP contribution in [0.1, 0.15) is 12.5 Å². The zero-order valence-electron chi connectivity index (χ0n) is 9.95. The zero-order valence-corrected chi connectivity index (χ0v) is 10.8. The van der Waals surface area contributed by atoms with Crippen LogP contribution in [0.25, 0.3) is 5.57 Å². The molecule has 0 aliphatic heterocycles. The number of benzene rings is 1. The number of hydrogen-bond acceptors (Lipinski definition) is 3. The maximum atomic E-state index is 12.1. The van der Waals surface area contributed by atoms with E-state index in [1.807, 2.05) is 30.3 Å². The van der Waals surface area contributed by atoms with Crippen molar-refractivity contribution >= 4 is 15.4 Å². The lowest BCUT2D eigenvalue weighted by Gasteiger charge is -2.02. The molecule has 0 aliphatic carbocycles. The van der Waals surface area contributed by atoms with Gasteiger partial charge in [-0.3, -0.25) is 0 Å². The molecule has 0 radical (unpaired) electrons. The Hall–Kier alpha value is -1.94. The first-order valence-electron chi connectivity index (χ1n) is 5.49. The van der Waals surface area contributed by atoms with E-state index in [-0.39, 0.29) is 5.03 Å². The number of sulfone groups is 1. The number of rotatable bonds is 3. The summed E-state index contributed by atoms with van der Waals surface area (Å²) < 4.78 is 24.2. The molecule has 1 aromatic carbocycles. The quantitative estimate of drug-likeness (QED) is 0.851. The molecule has 1 heterocycles. The summed E-state index contributed by atoms with van der Waals surface area (Å²) in [5.74, 6) is 0. The van der Waals surface area contributed by atoms with Gasteiger partial charge in [0, 0.05) is 11.6 Å². The molecule has 0 atom stereocenters. The molecule has 0 N–H and O–H groups in total. The molecule has 0 saturated carbocycles. The van der Waals surface area contributed by atoms with Crippen LogP contribution < -0.4 is 0 Å². The Balaban J connectivity index is 2.39. The molecule has 0 amide bonds.